The van der Waals surface area contributed by atoms with Gasteiger partial charge in [-0.3, -0.25) is 0 Å². The number of methoxy groups -OCH3 is 1. The Kier molecular flexibility index (Phi) is 3.39. The Balaban J connectivity index is 2.37. The molecule has 1 aromatic heterocycles. The van der Waals surface area contributed by atoms with Crippen molar-refractivity contribution in [2.75, 3.05) is 13.7 Å². The predicted molar refractivity (Wildman–Crippen MR) is 83.0 cm³/mol. The van der Waals surface area contributed by atoms with E-state index in [0.717, 1.165) is 21.8 Å². The standard InChI is InChI=1S/C17H17NO3/c1-11(10-21-2)18-15-6-4-3-5-13(15)14-8-7-12(17(19)20)9-16(14)18/h3-9,11H,10H2,1-2H3,(H,19,20). The highest BCUT2D eigenvalue weighted by Gasteiger charge is 2.16. The van der Waals surface area contributed by atoms with Crippen LogP contribution in [0, 0.1) is 0 Å². The van der Waals surface area contributed by atoms with Gasteiger partial charge < -0.3 is 14.4 Å². The zero-order chi connectivity index (χ0) is 15.0. The Morgan fingerprint density at radius 2 is 1.90 bits per heavy atom. The van der Waals surface area contributed by atoms with Gasteiger partial charge in [0.15, 0.2) is 0 Å². The molecule has 1 N–H and O–H groups in total. The molecule has 1 unspecified atom stereocenters. The zero-order valence-electron chi connectivity index (χ0n) is 12.0. The molecule has 0 saturated heterocycles. The van der Waals surface area contributed by atoms with Crippen molar-refractivity contribution in [2.45, 2.75) is 13.0 Å². The number of ether oxygens (including phenoxy) is 1. The van der Waals surface area contributed by atoms with Gasteiger partial charge in [0, 0.05) is 23.4 Å². The second kappa shape index (κ2) is 5.22. The second-order valence-electron chi connectivity index (χ2n) is 5.23. The molecule has 0 aliphatic rings. The van der Waals surface area contributed by atoms with Crippen LogP contribution in [0.3, 0.4) is 0 Å². The Bertz CT molecular complexity index is 819. The van der Waals surface area contributed by atoms with E-state index >= 15 is 0 Å². The van der Waals surface area contributed by atoms with E-state index in [0.29, 0.717) is 12.2 Å². The number of carbonyl (C=O) groups is 1. The molecule has 3 aromatic rings. The molecule has 0 radical (unpaired) electrons. The van der Waals surface area contributed by atoms with Crippen LogP contribution in [0.4, 0.5) is 0 Å². The largest absolute Gasteiger partial charge is 0.478 e. The molecule has 3 rings (SSSR count). The molecule has 0 saturated carbocycles. The first-order valence-corrected chi connectivity index (χ1v) is 6.88. The van der Waals surface area contributed by atoms with E-state index < -0.39 is 5.97 Å². The van der Waals surface area contributed by atoms with E-state index in [1.807, 2.05) is 18.2 Å². The van der Waals surface area contributed by atoms with Crippen LogP contribution < -0.4 is 0 Å². The molecule has 0 bridgehead atoms. The van der Waals surface area contributed by atoms with Gasteiger partial charge in [-0.25, -0.2) is 4.79 Å². The Hall–Kier alpha value is -2.33. The number of hydrogen-bond acceptors (Lipinski definition) is 2. The fourth-order valence-corrected chi connectivity index (χ4v) is 2.92. The van der Waals surface area contributed by atoms with Gasteiger partial charge in [-0.05, 0) is 25.1 Å². The molecule has 0 spiro atoms. The lowest BCUT2D eigenvalue weighted by Gasteiger charge is -2.16. The summed E-state index contributed by atoms with van der Waals surface area (Å²) in [7, 11) is 1.67. The minimum Gasteiger partial charge on any atom is -0.478 e. The minimum atomic E-state index is -0.909. The average molecular weight is 283 g/mol. The first kappa shape index (κ1) is 13.6. The number of carboxylic acid groups (broad SMARTS) is 1. The quantitative estimate of drug-likeness (QED) is 0.794. The van der Waals surface area contributed by atoms with Crippen molar-refractivity contribution in [3.05, 3.63) is 48.0 Å². The lowest BCUT2D eigenvalue weighted by molar-refractivity contribution is 0.0697. The average Bonchev–Trinajstić information content (AvgIpc) is 2.81. The van der Waals surface area contributed by atoms with Crippen molar-refractivity contribution in [1.82, 2.24) is 4.57 Å². The fraction of sp³-hybridized carbons (Fsp3) is 0.235. The number of rotatable bonds is 4. The maximum atomic E-state index is 11.2. The van der Waals surface area contributed by atoms with Gasteiger partial charge in [-0.15, -0.1) is 0 Å². The van der Waals surface area contributed by atoms with Crippen LogP contribution in [-0.2, 0) is 4.74 Å². The monoisotopic (exact) mass is 283 g/mol. The third-order valence-corrected chi connectivity index (χ3v) is 3.81. The van der Waals surface area contributed by atoms with Crippen LogP contribution in [0.2, 0.25) is 0 Å². The molecule has 108 valence electrons. The molecule has 0 aliphatic heterocycles. The number of hydrogen-bond donors (Lipinski definition) is 1. The normalized spacial score (nSPS) is 12.9. The molecule has 2 aromatic carbocycles. The maximum Gasteiger partial charge on any atom is 0.335 e. The molecule has 1 atom stereocenters. The topological polar surface area (TPSA) is 51.5 Å². The van der Waals surface area contributed by atoms with Crippen molar-refractivity contribution in [1.29, 1.82) is 0 Å². The number of aromatic carboxylic acids is 1. The molecule has 1 heterocycles. The van der Waals surface area contributed by atoms with E-state index in [1.165, 1.54) is 0 Å². The van der Waals surface area contributed by atoms with Crippen LogP contribution in [0.1, 0.15) is 23.3 Å². The lowest BCUT2D eigenvalue weighted by Crippen LogP contribution is -2.11. The van der Waals surface area contributed by atoms with Gasteiger partial charge >= 0.3 is 5.97 Å². The molecule has 21 heavy (non-hydrogen) atoms. The third-order valence-electron chi connectivity index (χ3n) is 3.81. The molecule has 0 fully saturated rings. The Morgan fingerprint density at radius 1 is 1.19 bits per heavy atom. The minimum absolute atomic E-state index is 0.126. The fourth-order valence-electron chi connectivity index (χ4n) is 2.92. The van der Waals surface area contributed by atoms with Gasteiger partial charge in [0.1, 0.15) is 0 Å². The first-order valence-electron chi connectivity index (χ1n) is 6.88. The van der Waals surface area contributed by atoms with Crippen LogP contribution in [0.15, 0.2) is 42.5 Å². The molecular formula is C17H17NO3. The summed E-state index contributed by atoms with van der Waals surface area (Å²) in [6.45, 7) is 2.65. The van der Waals surface area contributed by atoms with Gasteiger partial charge in [0.05, 0.1) is 23.7 Å². The van der Waals surface area contributed by atoms with Gasteiger partial charge in [-0.2, -0.15) is 0 Å². The number of aromatic nitrogens is 1. The molecule has 0 aliphatic carbocycles. The van der Waals surface area contributed by atoms with Crippen LogP contribution in [-0.4, -0.2) is 29.4 Å². The van der Waals surface area contributed by atoms with Gasteiger partial charge in [0.25, 0.3) is 0 Å². The smallest absolute Gasteiger partial charge is 0.335 e. The van der Waals surface area contributed by atoms with E-state index in [-0.39, 0.29) is 6.04 Å². The number of benzene rings is 2. The zero-order valence-corrected chi connectivity index (χ0v) is 12.0. The van der Waals surface area contributed by atoms with E-state index in [1.54, 1.807) is 19.2 Å². The number of carboxylic acids is 1. The number of para-hydroxylation sites is 1. The van der Waals surface area contributed by atoms with Gasteiger partial charge in [-0.1, -0.05) is 24.3 Å². The van der Waals surface area contributed by atoms with Crippen molar-refractivity contribution in [3.8, 4) is 0 Å². The highest BCUT2D eigenvalue weighted by molar-refractivity contribution is 6.09. The summed E-state index contributed by atoms with van der Waals surface area (Å²) in [5.41, 5.74) is 2.33. The van der Waals surface area contributed by atoms with Crippen LogP contribution in [0.25, 0.3) is 21.8 Å². The summed E-state index contributed by atoms with van der Waals surface area (Å²) >= 11 is 0. The molecule has 4 heteroatoms. The maximum absolute atomic E-state index is 11.2. The lowest BCUT2D eigenvalue weighted by atomic mass is 10.1. The Morgan fingerprint density at radius 3 is 2.62 bits per heavy atom. The van der Waals surface area contributed by atoms with Crippen molar-refractivity contribution in [2.24, 2.45) is 0 Å². The molecule has 4 nitrogen and oxygen atoms in total. The highest BCUT2D eigenvalue weighted by Crippen LogP contribution is 2.32. The summed E-state index contributed by atoms with van der Waals surface area (Å²) in [6.07, 6.45) is 0. The van der Waals surface area contributed by atoms with Crippen molar-refractivity contribution < 1.29 is 14.6 Å². The summed E-state index contributed by atoms with van der Waals surface area (Å²) in [6, 6.07) is 13.5. The number of fused-ring (bicyclic) bond motifs is 3. The SMILES string of the molecule is COCC(C)n1c2ccccc2c2ccc(C(=O)O)cc21. The Labute approximate surface area is 122 Å². The third kappa shape index (κ3) is 2.17. The van der Waals surface area contributed by atoms with Gasteiger partial charge in [0.2, 0.25) is 0 Å². The van der Waals surface area contributed by atoms with E-state index in [2.05, 4.69) is 23.6 Å². The summed E-state index contributed by atoms with van der Waals surface area (Å²) in [4.78, 5) is 11.2. The van der Waals surface area contributed by atoms with Crippen molar-refractivity contribution >= 4 is 27.8 Å². The summed E-state index contributed by atoms with van der Waals surface area (Å²) in [5, 5.41) is 11.4. The predicted octanol–water partition coefficient (Wildman–Crippen LogP) is 3.70. The van der Waals surface area contributed by atoms with Crippen molar-refractivity contribution in [3.63, 3.8) is 0 Å². The van der Waals surface area contributed by atoms with E-state index in [4.69, 9.17) is 4.74 Å². The first-order chi connectivity index (χ1) is 10.1. The summed E-state index contributed by atoms with van der Waals surface area (Å²) in [5.74, 6) is -0.909. The highest BCUT2D eigenvalue weighted by atomic mass is 16.5. The van der Waals surface area contributed by atoms with Crippen LogP contribution >= 0.6 is 0 Å². The van der Waals surface area contributed by atoms with E-state index in [9.17, 15) is 9.90 Å². The molecule has 0 amide bonds. The number of nitrogens with zero attached hydrogens (tertiary/aromatic N) is 1. The molecular weight excluding hydrogens is 266 g/mol. The van der Waals surface area contributed by atoms with Crippen LogP contribution in [0.5, 0.6) is 0 Å². The second-order valence-corrected chi connectivity index (χ2v) is 5.23. The summed E-state index contributed by atoms with van der Waals surface area (Å²) < 4.78 is 7.42.